The van der Waals surface area contributed by atoms with Gasteiger partial charge in [-0.2, -0.15) is 0 Å². The Hall–Kier alpha value is -0.370. The first-order chi connectivity index (χ1) is 5.06. The maximum Gasteiger partial charge on any atom is 0.134 e. The molecule has 0 fully saturated rings. The number of carbonyl (C=O) groups excluding carboxylic acids is 1. The second-order valence-corrected chi connectivity index (χ2v) is 3.49. The summed E-state index contributed by atoms with van der Waals surface area (Å²) >= 11 is 0. The molecule has 0 saturated carbocycles. The van der Waals surface area contributed by atoms with Gasteiger partial charge in [-0.1, -0.05) is 20.8 Å². The van der Waals surface area contributed by atoms with Crippen LogP contribution >= 0.6 is 0 Å². The van der Waals surface area contributed by atoms with Gasteiger partial charge in [0.2, 0.25) is 0 Å². The Balaban J connectivity index is 3.51. The quantitative estimate of drug-likeness (QED) is 0.660. The molecule has 0 heterocycles. The third kappa shape index (κ3) is 6.05. The monoisotopic (exact) mass is 157 g/mol. The number of ketones is 1. The van der Waals surface area contributed by atoms with Gasteiger partial charge in [-0.15, -0.1) is 0 Å². The molecule has 0 aliphatic rings. The molecular formula is C9H19NO. The highest BCUT2D eigenvalue weighted by Crippen LogP contribution is 2.06. The van der Waals surface area contributed by atoms with Crippen molar-refractivity contribution in [2.24, 2.45) is 11.7 Å². The van der Waals surface area contributed by atoms with Gasteiger partial charge < -0.3 is 5.73 Å². The molecule has 66 valence electrons. The minimum atomic E-state index is 0.0717. The van der Waals surface area contributed by atoms with E-state index in [2.05, 4.69) is 13.8 Å². The lowest BCUT2D eigenvalue weighted by molar-refractivity contribution is -0.119. The second kappa shape index (κ2) is 5.30. The lowest BCUT2D eigenvalue weighted by Gasteiger charge is -2.11. The van der Waals surface area contributed by atoms with Crippen molar-refractivity contribution in [1.29, 1.82) is 0 Å². The summed E-state index contributed by atoms with van der Waals surface area (Å²) in [5.74, 6) is 0.868. The summed E-state index contributed by atoms with van der Waals surface area (Å²) in [6, 6.07) is 0.0717. The first kappa shape index (κ1) is 10.6. The van der Waals surface area contributed by atoms with Gasteiger partial charge in [-0.05, 0) is 12.3 Å². The zero-order valence-corrected chi connectivity index (χ0v) is 7.76. The van der Waals surface area contributed by atoms with Crippen molar-refractivity contribution in [2.75, 3.05) is 0 Å². The molecule has 0 bridgehead atoms. The molecule has 1 atom stereocenters. The van der Waals surface area contributed by atoms with Crippen LogP contribution in [-0.4, -0.2) is 11.8 Å². The Morgan fingerprint density at radius 2 is 2.00 bits per heavy atom. The van der Waals surface area contributed by atoms with Gasteiger partial charge in [0.15, 0.2) is 0 Å². The normalized spacial score (nSPS) is 13.5. The molecule has 0 aromatic rings. The maximum atomic E-state index is 10.9. The number of carbonyl (C=O) groups is 1. The van der Waals surface area contributed by atoms with Crippen molar-refractivity contribution < 1.29 is 4.79 Å². The molecule has 0 rings (SSSR count). The van der Waals surface area contributed by atoms with E-state index in [0.29, 0.717) is 18.8 Å². The average Bonchev–Trinajstić information content (AvgIpc) is 1.85. The molecule has 0 spiro atoms. The topological polar surface area (TPSA) is 43.1 Å². The predicted molar refractivity (Wildman–Crippen MR) is 47.3 cm³/mol. The van der Waals surface area contributed by atoms with Gasteiger partial charge in [-0.25, -0.2) is 0 Å². The van der Waals surface area contributed by atoms with Crippen LogP contribution in [0.25, 0.3) is 0 Å². The number of hydrogen-bond donors (Lipinski definition) is 1. The first-order valence-electron chi connectivity index (χ1n) is 4.33. The first-order valence-corrected chi connectivity index (χ1v) is 4.33. The minimum absolute atomic E-state index is 0.0717. The highest BCUT2D eigenvalue weighted by atomic mass is 16.1. The van der Waals surface area contributed by atoms with E-state index >= 15 is 0 Å². The third-order valence-corrected chi connectivity index (χ3v) is 1.66. The van der Waals surface area contributed by atoms with E-state index < -0.39 is 0 Å². The fourth-order valence-electron chi connectivity index (χ4n) is 1.13. The van der Waals surface area contributed by atoms with Crippen LogP contribution in [0.15, 0.2) is 0 Å². The number of nitrogens with two attached hydrogens (primary N) is 1. The minimum Gasteiger partial charge on any atom is -0.327 e. The summed E-state index contributed by atoms with van der Waals surface area (Å²) < 4.78 is 0. The molecule has 2 N–H and O–H groups in total. The largest absolute Gasteiger partial charge is 0.327 e. The van der Waals surface area contributed by atoms with Crippen molar-refractivity contribution in [3.63, 3.8) is 0 Å². The molecule has 0 radical (unpaired) electrons. The van der Waals surface area contributed by atoms with Crippen molar-refractivity contribution in [1.82, 2.24) is 0 Å². The Kier molecular flexibility index (Phi) is 5.12. The maximum absolute atomic E-state index is 10.9. The van der Waals surface area contributed by atoms with E-state index in [1.165, 1.54) is 0 Å². The average molecular weight is 157 g/mol. The number of rotatable bonds is 5. The highest BCUT2D eigenvalue weighted by molar-refractivity contribution is 5.78. The Morgan fingerprint density at radius 1 is 1.45 bits per heavy atom. The zero-order valence-electron chi connectivity index (χ0n) is 7.76. The number of hydrogen-bond acceptors (Lipinski definition) is 2. The molecular weight excluding hydrogens is 138 g/mol. The highest BCUT2D eigenvalue weighted by Gasteiger charge is 2.08. The van der Waals surface area contributed by atoms with E-state index in [4.69, 9.17) is 5.73 Å². The summed E-state index contributed by atoms with van der Waals surface area (Å²) in [7, 11) is 0. The predicted octanol–water partition coefficient (Wildman–Crippen LogP) is 1.73. The van der Waals surface area contributed by atoms with E-state index in [0.717, 1.165) is 6.42 Å². The van der Waals surface area contributed by atoms with Crippen LogP contribution in [0.2, 0.25) is 0 Å². The van der Waals surface area contributed by atoms with Crippen molar-refractivity contribution in [3.8, 4) is 0 Å². The zero-order chi connectivity index (χ0) is 8.85. The lowest BCUT2D eigenvalue weighted by atomic mass is 9.99. The van der Waals surface area contributed by atoms with Gasteiger partial charge in [0.1, 0.15) is 5.78 Å². The van der Waals surface area contributed by atoms with Crippen LogP contribution in [0, 0.1) is 5.92 Å². The van der Waals surface area contributed by atoms with Gasteiger partial charge in [-0.3, -0.25) is 4.79 Å². The lowest BCUT2D eigenvalue weighted by Crippen LogP contribution is -2.25. The third-order valence-electron chi connectivity index (χ3n) is 1.66. The Morgan fingerprint density at radius 3 is 2.36 bits per heavy atom. The molecule has 2 nitrogen and oxygen atoms in total. The Bertz CT molecular complexity index is 121. The van der Waals surface area contributed by atoms with Gasteiger partial charge in [0.05, 0.1) is 0 Å². The van der Waals surface area contributed by atoms with Gasteiger partial charge >= 0.3 is 0 Å². The number of Topliss-reactive ketones (excluding diaryl/α,β-unsaturated/α-hetero) is 1. The van der Waals surface area contributed by atoms with Crippen molar-refractivity contribution in [3.05, 3.63) is 0 Å². The molecule has 2 heteroatoms. The molecule has 0 aliphatic carbocycles. The van der Waals surface area contributed by atoms with E-state index in [-0.39, 0.29) is 11.8 Å². The summed E-state index contributed by atoms with van der Waals surface area (Å²) in [4.78, 5) is 10.9. The van der Waals surface area contributed by atoms with Crippen LogP contribution in [0.1, 0.15) is 40.0 Å². The van der Waals surface area contributed by atoms with E-state index in [9.17, 15) is 4.79 Å². The van der Waals surface area contributed by atoms with Crippen LogP contribution in [-0.2, 0) is 4.79 Å². The molecule has 1 unspecified atom stereocenters. The molecule has 11 heavy (non-hydrogen) atoms. The summed E-state index contributed by atoms with van der Waals surface area (Å²) in [6.07, 6.45) is 2.12. The molecule has 0 aromatic heterocycles. The SMILES string of the molecule is CCC(=O)CC(N)CC(C)C. The van der Waals surface area contributed by atoms with Crippen LogP contribution < -0.4 is 5.73 Å². The molecule has 0 saturated heterocycles. The second-order valence-electron chi connectivity index (χ2n) is 3.49. The Labute approximate surface area is 69.2 Å². The van der Waals surface area contributed by atoms with E-state index in [1.54, 1.807) is 0 Å². The molecule has 0 aromatic carbocycles. The van der Waals surface area contributed by atoms with Crippen LogP contribution in [0.5, 0.6) is 0 Å². The summed E-state index contributed by atoms with van der Waals surface area (Å²) in [6.45, 7) is 6.12. The van der Waals surface area contributed by atoms with Crippen LogP contribution in [0.3, 0.4) is 0 Å². The van der Waals surface area contributed by atoms with Crippen LogP contribution in [0.4, 0.5) is 0 Å². The van der Waals surface area contributed by atoms with Gasteiger partial charge in [0, 0.05) is 18.9 Å². The smallest absolute Gasteiger partial charge is 0.134 e. The summed E-state index contributed by atoms with van der Waals surface area (Å²) in [5.41, 5.74) is 5.73. The van der Waals surface area contributed by atoms with Crippen molar-refractivity contribution >= 4 is 5.78 Å². The fraction of sp³-hybridized carbons (Fsp3) is 0.889. The van der Waals surface area contributed by atoms with Gasteiger partial charge in [0.25, 0.3) is 0 Å². The van der Waals surface area contributed by atoms with Crippen molar-refractivity contribution in [2.45, 2.75) is 46.1 Å². The fourth-order valence-corrected chi connectivity index (χ4v) is 1.13. The standard InChI is InChI=1S/C9H19NO/c1-4-9(11)6-8(10)5-7(2)3/h7-8H,4-6,10H2,1-3H3. The molecule has 0 amide bonds. The summed E-state index contributed by atoms with van der Waals surface area (Å²) in [5, 5.41) is 0. The van der Waals surface area contributed by atoms with E-state index in [1.807, 2.05) is 6.92 Å². The molecule has 0 aliphatic heterocycles.